The quantitative estimate of drug-likeness (QED) is 0.683. The predicted molar refractivity (Wildman–Crippen MR) is 63.6 cm³/mol. The van der Waals surface area contributed by atoms with Crippen molar-refractivity contribution in [3.8, 4) is 0 Å². The molecule has 2 heterocycles. The van der Waals surface area contributed by atoms with Crippen LogP contribution in [0.3, 0.4) is 0 Å². The molecule has 17 heavy (non-hydrogen) atoms. The highest BCUT2D eigenvalue weighted by Crippen LogP contribution is 2.30. The van der Waals surface area contributed by atoms with Crippen molar-refractivity contribution < 1.29 is 0 Å². The highest BCUT2D eigenvalue weighted by Gasteiger charge is 2.07. The van der Waals surface area contributed by atoms with Crippen LogP contribution in [0.1, 0.15) is 0 Å². The summed E-state index contributed by atoms with van der Waals surface area (Å²) >= 11 is 1.48. The first kappa shape index (κ1) is 10.0. The van der Waals surface area contributed by atoms with Crippen molar-refractivity contribution in [2.75, 3.05) is 5.73 Å². The molecule has 0 spiro atoms. The monoisotopic (exact) mass is 244 g/mol. The molecule has 84 valence electrons. The van der Waals surface area contributed by atoms with E-state index in [0.29, 0.717) is 5.65 Å². The van der Waals surface area contributed by atoms with E-state index in [1.807, 2.05) is 24.3 Å². The van der Waals surface area contributed by atoms with Crippen LogP contribution in [-0.4, -0.2) is 25.0 Å². The van der Waals surface area contributed by atoms with Crippen LogP contribution in [-0.2, 0) is 0 Å². The molecule has 0 bridgehead atoms. The Hall–Kier alpha value is -2.15. The van der Waals surface area contributed by atoms with Crippen molar-refractivity contribution in [3.05, 3.63) is 36.7 Å². The van der Waals surface area contributed by atoms with E-state index in [9.17, 15) is 0 Å². The smallest absolute Gasteiger partial charge is 0.198 e. The Morgan fingerprint density at radius 2 is 2.06 bits per heavy atom. The summed E-state index contributed by atoms with van der Waals surface area (Å²) < 4.78 is 1.63. The molecule has 0 saturated heterocycles. The minimum Gasteiger partial charge on any atom is -0.398 e. The summed E-state index contributed by atoms with van der Waals surface area (Å²) in [4.78, 5) is 5.04. The van der Waals surface area contributed by atoms with Crippen molar-refractivity contribution >= 4 is 23.1 Å². The molecule has 1 aromatic carbocycles. The first-order valence-corrected chi connectivity index (χ1v) is 5.71. The zero-order chi connectivity index (χ0) is 11.7. The van der Waals surface area contributed by atoms with Crippen LogP contribution >= 0.6 is 11.8 Å². The standard InChI is InChI=1S/C10H8N6S/c11-7-3-1-2-4-8(7)17-10-6-12-5-9-13-14-15-16(9)10/h1-6H,11H2. The SMILES string of the molecule is Nc1ccccc1Sc1cncc2nnnn12. The van der Waals surface area contributed by atoms with E-state index in [1.165, 1.54) is 11.8 Å². The summed E-state index contributed by atoms with van der Waals surface area (Å²) in [6.45, 7) is 0. The van der Waals surface area contributed by atoms with Gasteiger partial charge in [-0.05, 0) is 22.6 Å². The normalized spacial score (nSPS) is 10.8. The van der Waals surface area contributed by atoms with E-state index >= 15 is 0 Å². The fourth-order valence-corrected chi connectivity index (χ4v) is 2.30. The third-order valence-electron chi connectivity index (χ3n) is 2.21. The van der Waals surface area contributed by atoms with Crippen LogP contribution < -0.4 is 5.73 Å². The van der Waals surface area contributed by atoms with Gasteiger partial charge in [-0.25, -0.2) is 0 Å². The summed E-state index contributed by atoms with van der Waals surface area (Å²) in [6.07, 6.45) is 3.32. The van der Waals surface area contributed by atoms with Crippen LogP contribution in [0.2, 0.25) is 0 Å². The molecule has 3 rings (SSSR count). The number of fused-ring (bicyclic) bond motifs is 1. The van der Waals surface area contributed by atoms with Crippen molar-refractivity contribution in [2.45, 2.75) is 9.92 Å². The van der Waals surface area contributed by atoms with Gasteiger partial charge in [-0.2, -0.15) is 4.52 Å². The maximum Gasteiger partial charge on any atom is 0.198 e. The van der Waals surface area contributed by atoms with Gasteiger partial charge in [0, 0.05) is 10.6 Å². The molecule has 0 unspecified atom stereocenters. The van der Waals surface area contributed by atoms with Gasteiger partial charge < -0.3 is 5.73 Å². The molecule has 7 heteroatoms. The maximum absolute atomic E-state index is 5.89. The number of aromatic nitrogens is 5. The summed E-state index contributed by atoms with van der Waals surface area (Å²) in [5.41, 5.74) is 7.23. The average Bonchev–Trinajstić information content (AvgIpc) is 2.81. The molecule has 6 nitrogen and oxygen atoms in total. The van der Waals surface area contributed by atoms with E-state index in [2.05, 4.69) is 20.5 Å². The van der Waals surface area contributed by atoms with Gasteiger partial charge in [0.15, 0.2) is 5.65 Å². The molecule has 0 radical (unpaired) electrons. The van der Waals surface area contributed by atoms with Gasteiger partial charge in [-0.1, -0.05) is 23.9 Å². The number of nitrogens with two attached hydrogens (primary N) is 1. The van der Waals surface area contributed by atoms with Crippen LogP contribution in [0, 0.1) is 0 Å². The molecule has 2 N–H and O–H groups in total. The molecule has 0 fully saturated rings. The predicted octanol–water partition coefficient (Wildman–Crippen LogP) is 1.25. The van der Waals surface area contributed by atoms with Crippen LogP contribution in [0.15, 0.2) is 46.6 Å². The molecule has 0 aliphatic heterocycles. The lowest BCUT2D eigenvalue weighted by Gasteiger charge is -2.04. The molecule has 0 aliphatic rings. The Balaban J connectivity index is 2.06. The molecular weight excluding hydrogens is 236 g/mol. The molecule has 0 amide bonds. The summed E-state index contributed by atoms with van der Waals surface area (Å²) in [5.74, 6) is 0. The highest BCUT2D eigenvalue weighted by atomic mass is 32.2. The van der Waals surface area contributed by atoms with Gasteiger partial charge in [-0.15, -0.1) is 5.10 Å². The van der Waals surface area contributed by atoms with E-state index in [0.717, 1.165) is 15.6 Å². The Labute approximate surface area is 101 Å². The number of para-hydroxylation sites is 1. The number of benzene rings is 1. The van der Waals surface area contributed by atoms with Gasteiger partial charge in [0.2, 0.25) is 0 Å². The van der Waals surface area contributed by atoms with Gasteiger partial charge in [-0.3, -0.25) is 4.98 Å². The maximum atomic E-state index is 5.89. The summed E-state index contributed by atoms with van der Waals surface area (Å²) in [7, 11) is 0. The number of tetrazole rings is 1. The summed E-state index contributed by atoms with van der Waals surface area (Å²) in [5, 5.41) is 12.2. The van der Waals surface area contributed by atoms with Gasteiger partial charge >= 0.3 is 0 Å². The van der Waals surface area contributed by atoms with E-state index in [1.54, 1.807) is 16.9 Å². The second-order valence-corrected chi connectivity index (χ2v) is 4.40. The van der Waals surface area contributed by atoms with Crippen molar-refractivity contribution in [2.24, 2.45) is 0 Å². The highest BCUT2D eigenvalue weighted by molar-refractivity contribution is 7.99. The zero-order valence-corrected chi connectivity index (χ0v) is 9.50. The van der Waals surface area contributed by atoms with Gasteiger partial charge in [0.25, 0.3) is 0 Å². The molecule has 0 aliphatic carbocycles. The van der Waals surface area contributed by atoms with Crippen LogP contribution in [0.4, 0.5) is 5.69 Å². The van der Waals surface area contributed by atoms with E-state index < -0.39 is 0 Å². The minimum absolute atomic E-state index is 0.615. The fraction of sp³-hybridized carbons (Fsp3) is 0. The third kappa shape index (κ3) is 1.80. The number of rotatable bonds is 2. The Bertz CT molecular complexity index is 664. The fourth-order valence-electron chi connectivity index (χ4n) is 1.41. The Morgan fingerprint density at radius 1 is 1.18 bits per heavy atom. The number of anilines is 1. The molecule has 3 aromatic rings. The lowest BCUT2D eigenvalue weighted by molar-refractivity contribution is 0.765. The largest absolute Gasteiger partial charge is 0.398 e. The van der Waals surface area contributed by atoms with Crippen LogP contribution in [0.25, 0.3) is 5.65 Å². The van der Waals surface area contributed by atoms with Crippen molar-refractivity contribution in [1.29, 1.82) is 0 Å². The molecular formula is C10H8N6S. The van der Waals surface area contributed by atoms with Gasteiger partial charge in [0.05, 0.1) is 12.4 Å². The number of hydrogen-bond acceptors (Lipinski definition) is 6. The lowest BCUT2D eigenvalue weighted by Crippen LogP contribution is -1.95. The lowest BCUT2D eigenvalue weighted by atomic mass is 10.3. The number of nitrogens with zero attached hydrogens (tertiary/aromatic N) is 5. The van der Waals surface area contributed by atoms with Crippen molar-refractivity contribution in [1.82, 2.24) is 25.0 Å². The van der Waals surface area contributed by atoms with Gasteiger partial charge in [0.1, 0.15) is 5.03 Å². The van der Waals surface area contributed by atoms with Crippen LogP contribution in [0.5, 0.6) is 0 Å². The number of hydrogen-bond donors (Lipinski definition) is 1. The first-order valence-electron chi connectivity index (χ1n) is 4.89. The summed E-state index contributed by atoms with van der Waals surface area (Å²) in [6, 6.07) is 7.64. The topological polar surface area (TPSA) is 82.0 Å². The Morgan fingerprint density at radius 3 is 2.94 bits per heavy atom. The molecule has 0 saturated carbocycles. The molecule has 0 atom stereocenters. The van der Waals surface area contributed by atoms with Crippen molar-refractivity contribution in [3.63, 3.8) is 0 Å². The average molecular weight is 244 g/mol. The molecule has 2 aromatic heterocycles. The Kier molecular flexibility index (Phi) is 2.37. The zero-order valence-electron chi connectivity index (χ0n) is 8.69. The second kappa shape index (κ2) is 4.02. The first-order chi connectivity index (χ1) is 8.34. The number of nitrogen functional groups attached to an aromatic ring is 1. The van der Waals surface area contributed by atoms with E-state index in [-0.39, 0.29) is 0 Å². The van der Waals surface area contributed by atoms with E-state index in [4.69, 9.17) is 5.73 Å². The second-order valence-electron chi connectivity index (χ2n) is 3.33. The minimum atomic E-state index is 0.615. The third-order valence-corrected chi connectivity index (χ3v) is 3.29.